The molecule has 0 aliphatic heterocycles. The normalized spacial score (nSPS) is 27.8. The Morgan fingerprint density at radius 3 is 2.67 bits per heavy atom. The summed E-state index contributed by atoms with van der Waals surface area (Å²) in [5.41, 5.74) is 0.667. The first-order valence-corrected chi connectivity index (χ1v) is 7.31. The maximum Gasteiger partial charge on any atom is 0.150 e. The minimum atomic E-state index is 0.301. The lowest BCUT2D eigenvalue weighted by Gasteiger charge is -2.32. The van der Waals surface area contributed by atoms with E-state index in [1.165, 1.54) is 6.42 Å². The summed E-state index contributed by atoms with van der Waals surface area (Å²) in [5, 5.41) is 0. The number of carbonyl (C=O) groups is 1. The van der Waals surface area contributed by atoms with Gasteiger partial charge in [-0.25, -0.2) is 0 Å². The van der Waals surface area contributed by atoms with Gasteiger partial charge in [0.25, 0.3) is 0 Å². The number of benzene rings is 1. The summed E-state index contributed by atoms with van der Waals surface area (Å²) in [4.78, 5) is 10.7. The summed E-state index contributed by atoms with van der Waals surface area (Å²) < 4.78 is 6.90. The van der Waals surface area contributed by atoms with Crippen molar-refractivity contribution < 1.29 is 9.53 Å². The zero-order valence-corrected chi connectivity index (χ0v) is 12.4. The third kappa shape index (κ3) is 3.14. The van der Waals surface area contributed by atoms with E-state index in [1.807, 2.05) is 6.07 Å². The first kappa shape index (κ1) is 13.6. The van der Waals surface area contributed by atoms with Crippen LogP contribution in [0.15, 0.2) is 22.7 Å². The van der Waals surface area contributed by atoms with Crippen LogP contribution in [0.1, 0.15) is 43.5 Å². The molecule has 0 radical (unpaired) electrons. The molecule has 2 nitrogen and oxygen atoms in total. The lowest BCUT2D eigenvalue weighted by Crippen LogP contribution is -2.28. The van der Waals surface area contributed by atoms with Gasteiger partial charge in [-0.3, -0.25) is 4.79 Å². The first-order chi connectivity index (χ1) is 8.60. The Bertz CT molecular complexity index is 431. The number of halogens is 1. The lowest BCUT2D eigenvalue weighted by atomic mass is 9.80. The molecule has 0 spiro atoms. The summed E-state index contributed by atoms with van der Waals surface area (Å²) in [6.07, 6.45) is 4.61. The SMILES string of the molecule is CC1CCC(Oc2ccc(C=O)cc2Br)CC1C. The van der Waals surface area contributed by atoms with E-state index < -0.39 is 0 Å². The van der Waals surface area contributed by atoms with Crippen LogP contribution in [0, 0.1) is 11.8 Å². The van der Waals surface area contributed by atoms with Gasteiger partial charge in [0.15, 0.2) is 0 Å². The van der Waals surface area contributed by atoms with Crippen molar-refractivity contribution in [2.75, 3.05) is 0 Å². The van der Waals surface area contributed by atoms with Crippen LogP contribution in [0.3, 0.4) is 0 Å². The average Bonchev–Trinajstić information content (AvgIpc) is 2.36. The van der Waals surface area contributed by atoms with Gasteiger partial charge in [0.1, 0.15) is 12.0 Å². The molecular formula is C15H19BrO2. The molecule has 2 rings (SSSR count). The molecule has 0 aromatic heterocycles. The van der Waals surface area contributed by atoms with Crippen molar-refractivity contribution in [3.05, 3.63) is 28.2 Å². The molecule has 3 unspecified atom stereocenters. The summed E-state index contributed by atoms with van der Waals surface area (Å²) in [6, 6.07) is 5.47. The molecular weight excluding hydrogens is 292 g/mol. The zero-order valence-electron chi connectivity index (χ0n) is 10.9. The van der Waals surface area contributed by atoms with E-state index in [2.05, 4.69) is 29.8 Å². The number of carbonyl (C=O) groups excluding carboxylic acids is 1. The van der Waals surface area contributed by atoms with Crippen molar-refractivity contribution >= 4 is 22.2 Å². The van der Waals surface area contributed by atoms with Crippen molar-refractivity contribution in [2.45, 2.75) is 39.2 Å². The maximum absolute atomic E-state index is 10.7. The highest BCUT2D eigenvalue weighted by Gasteiger charge is 2.26. The van der Waals surface area contributed by atoms with Crippen LogP contribution in [-0.2, 0) is 0 Å². The van der Waals surface area contributed by atoms with Crippen molar-refractivity contribution in [3.8, 4) is 5.75 Å². The molecule has 0 N–H and O–H groups in total. The first-order valence-electron chi connectivity index (χ1n) is 6.51. The zero-order chi connectivity index (χ0) is 13.1. The van der Waals surface area contributed by atoms with E-state index in [-0.39, 0.29) is 0 Å². The van der Waals surface area contributed by atoms with E-state index >= 15 is 0 Å². The minimum absolute atomic E-state index is 0.301. The quantitative estimate of drug-likeness (QED) is 0.770. The molecule has 98 valence electrons. The Morgan fingerprint density at radius 1 is 1.28 bits per heavy atom. The van der Waals surface area contributed by atoms with Crippen LogP contribution < -0.4 is 4.74 Å². The minimum Gasteiger partial charge on any atom is -0.489 e. The third-order valence-electron chi connectivity index (χ3n) is 3.94. The second-order valence-electron chi connectivity index (χ2n) is 5.32. The fourth-order valence-corrected chi connectivity index (χ4v) is 2.96. The smallest absolute Gasteiger partial charge is 0.150 e. The molecule has 1 aromatic rings. The lowest BCUT2D eigenvalue weighted by molar-refractivity contribution is 0.0999. The van der Waals surface area contributed by atoms with Gasteiger partial charge < -0.3 is 4.74 Å². The van der Waals surface area contributed by atoms with Gasteiger partial charge in [0.2, 0.25) is 0 Å². The van der Waals surface area contributed by atoms with Crippen LogP contribution in [0.4, 0.5) is 0 Å². The Hall–Kier alpha value is -0.830. The van der Waals surface area contributed by atoms with Gasteiger partial charge in [-0.15, -0.1) is 0 Å². The van der Waals surface area contributed by atoms with Crippen molar-refractivity contribution in [1.29, 1.82) is 0 Å². The summed E-state index contributed by atoms with van der Waals surface area (Å²) in [7, 11) is 0. The standard InChI is InChI=1S/C15H19BrO2/c1-10-3-5-13(7-11(10)2)18-15-6-4-12(9-17)8-14(15)16/h4,6,8-11,13H,3,5,7H2,1-2H3. The fourth-order valence-electron chi connectivity index (χ4n) is 2.47. The van der Waals surface area contributed by atoms with Gasteiger partial charge in [0.05, 0.1) is 10.6 Å². The molecule has 1 aliphatic carbocycles. The summed E-state index contributed by atoms with van der Waals surface area (Å²) in [6.45, 7) is 4.61. The molecule has 3 atom stereocenters. The Labute approximate surface area is 117 Å². The van der Waals surface area contributed by atoms with E-state index in [4.69, 9.17) is 4.74 Å². The molecule has 1 fully saturated rings. The molecule has 1 saturated carbocycles. The number of rotatable bonds is 3. The molecule has 1 aliphatic rings. The Kier molecular flexibility index (Phi) is 4.44. The largest absolute Gasteiger partial charge is 0.489 e. The Morgan fingerprint density at radius 2 is 2.06 bits per heavy atom. The van der Waals surface area contributed by atoms with Gasteiger partial charge in [0, 0.05) is 5.56 Å². The molecule has 0 heterocycles. The van der Waals surface area contributed by atoms with E-state index in [0.717, 1.165) is 41.2 Å². The second-order valence-corrected chi connectivity index (χ2v) is 6.17. The van der Waals surface area contributed by atoms with Crippen LogP contribution in [0.2, 0.25) is 0 Å². The fraction of sp³-hybridized carbons (Fsp3) is 0.533. The predicted octanol–water partition coefficient (Wildman–Crippen LogP) is 4.47. The molecule has 0 amide bonds. The van der Waals surface area contributed by atoms with Crippen molar-refractivity contribution in [3.63, 3.8) is 0 Å². The molecule has 0 bridgehead atoms. The summed E-state index contributed by atoms with van der Waals surface area (Å²) in [5.74, 6) is 2.36. The van der Waals surface area contributed by atoms with Gasteiger partial charge in [-0.05, 0) is 65.2 Å². The number of ether oxygens (including phenoxy) is 1. The van der Waals surface area contributed by atoms with Gasteiger partial charge >= 0.3 is 0 Å². The van der Waals surface area contributed by atoms with Crippen LogP contribution >= 0.6 is 15.9 Å². The average molecular weight is 311 g/mol. The van der Waals surface area contributed by atoms with Crippen LogP contribution in [-0.4, -0.2) is 12.4 Å². The third-order valence-corrected chi connectivity index (χ3v) is 4.56. The van der Waals surface area contributed by atoms with Crippen molar-refractivity contribution in [1.82, 2.24) is 0 Å². The van der Waals surface area contributed by atoms with Crippen LogP contribution in [0.5, 0.6) is 5.75 Å². The van der Waals surface area contributed by atoms with Crippen molar-refractivity contribution in [2.24, 2.45) is 11.8 Å². The van der Waals surface area contributed by atoms with E-state index in [0.29, 0.717) is 11.7 Å². The molecule has 1 aromatic carbocycles. The van der Waals surface area contributed by atoms with E-state index in [1.54, 1.807) is 12.1 Å². The molecule has 0 saturated heterocycles. The highest BCUT2D eigenvalue weighted by molar-refractivity contribution is 9.10. The number of hydrogen-bond acceptors (Lipinski definition) is 2. The van der Waals surface area contributed by atoms with Gasteiger partial charge in [-0.2, -0.15) is 0 Å². The van der Waals surface area contributed by atoms with Gasteiger partial charge in [-0.1, -0.05) is 13.8 Å². The second kappa shape index (κ2) is 5.87. The monoisotopic (exact) mass is 310 g/mol. The predicted molar refractivity (Wildman–Crippen MR) is 76.1 cm³/mol. The Balaban J connectivity index is 2.03. The molecule has 3 heteroatoms. The topological polar surface area (TPSA) is 26.3 Å². The number of hydrogen-bond donors (Lipinski definition) is 0. The molecule has 18 heavy (non-hydrogen) atoms. The van der Waals surface area contributed by atoms with E-state index in [9.17, 15) is 4.79 Å². The summed E-state index contributed by atoms with van der Waals surface area (Å²) >= 11 is 3.46. The highest BCUT2D eigenvalue weighted by atomic mass is 79.9. The number of aldehydes is 1. The van der Waals surface area contributed by atoms with Crippen LogP contribution in [0.25, 0.3) is 0 Å². The highest BCUT2D eigenvalue weighted by Crippen LogP contribution is 2.34. The maximum atomic E-state index is 10.7.